The molecule has 22 heteroatoms. The van der Waals surface area contributed by atoms with Crippen LogP contribution in [0, 0.1) is 12.7 Å². The van der Waals surface area contributed by atoms with Crippen LogP contribution in [0.2, 0.25) is 0 Å². The molecule has 4 aromatic carbocycles. The molecule has 0 bridgehead atoms. The summed E-state index contributed by atoms with van der Waals surface area (Å²) in [5.74, 6) is -3.21. The van der Waals surface area contributed by atoms with Gasteiger partial charge in [0.1, 0.15) is 23.7 Å². The molecule has 5 heterocycles. The van der Waals surface area contributed by atoms with Crippen LogP contribution in [-0.4, -0.2) is 106 Å². The molecule has 2 aromatic heterocycles. The van der Waals surface area contributed by atoms with E-state index in [4.69, 9.17) is 14.2 Å². The Morgan fingerprint density at radius 3 is 2.42 bits per heavy atom. The minimum Gasteiger partial charge on any atom is -0.493 e. The molecule has 2 fully saturated rings. The quantitative estimate of drug-likeness (QED) is 0.0759. The van der Waals surface area contributed by atoms with Gasteiger partial charge in [-0.1, -0.05) is 0 Å². The van der Waals surface area contributed by atoms with E-state index < -0.39 is 41.2 Å². The number of nitrogens with one attached hydrogen (secondary N) is 2. The lowest BCUT2D eigenvalue weighted by atomic mass is 10.0. The van der Waals surface area contributed by atoms with E-state index in [1.54, 1.807) is 23.1 Å². The molecule has 3 aliphatic rings. The normalized spacial score (nSPS) is 16.0. The Hall–Kier alpha value is -8.30. The van der Waals surface area contributed by atoms with E-state index in [9.17, 15) is 41.9 Å². The number of anilines is 2. The number of carbonyl (C=O) groups is 5. The van der Waals surface area contributed by atoms with E-state index in [0.29, 0.717) is 54.8 Å². The monoisotopic (exact) mass is 980 g/mol. The molecule has 2 N–H and O–H groups in total. The number of amides is 5. The highest BCUT2D eigenvalue weighted by atomic mass is 19.4. The molecule has 368 valence electrons. The number of piperazine rings is 1. The fourth-order valence-corrected chi connectivity index (χ4v) is 8.99. The van der Waals surface area contributed by atoms with Crippen molar-refractivity contribution in [1.82, 2.24) is 29.7 Å². The summed E-state index contributed by atoms with van der Waals surface area (Å²) in [7, 11) is 2.97. The minimum atomic E-state index is -5.00. The van der Waals surface area contributed by atoms with Crippen molar-refractivity contribution in [3.05, 3.63) is 111 Å². The van der Waals surface area contributed by atoms with Gasteiger partial charge in [-0.2, -0.15) is 0 Å². The molecular formula is C49H44F4N8O10. The number of hydrogen-bond donors (Lipinski definition) is 2. The number of nitrogens with zero attached hydrogens (tertiary/aromatic N) is 6. The van der Waals surface area contributed by atoms with Crippen LogP contribution in [0.15, 0.2) is 77.9 Å². The Balaban J connectivity index is 0.783. The first-order valence-corrected chi connectivity index (χ1v) is 22.4. The lowest BCUT2D eigenvalue weighted by Gasteiger charge is -2.36. The van der Waals surface area contributed by atoms with Gasteiger partial charge in [0, 0.05) is 87.4 Å². The van der Waals surface area contributed by atoms with Gasteiger partial charge in [0.2, 0.25) is 29.0 Å². The molecule has 18 nitrogen and oxygen atoms in total. The Morgan fingerprint density at radius 1 is 0.901 bits per heavy atom. The summed E-state index contributed by atoms with van der Waals surface area (Å²) < 4.78 is 77.2. The molecule has 0 spiro atoms. The highest BCUT2D eigenvalue weighted by molar-refractivity contribution is 6.07. The number of aromatic nitrogens is 3. The number of ether oxygens (including phenoxy) is 4. The van der Waals surface area contributed by atoms with E-state index in [1.165, 1.54) is 55.1 Å². The number of carbonyl (C=O) groups excluding carboxylic acids is 5. The van der Waals surface area contributed by atoms with Crippen molar-refractivity contribution in [3.63, 3.8) is 0 Å². The Morgan fingerprint density at radius 2 is 1.69 bits per heavy atom. The SMILES string of the molecule is COc1cc2c(Oc3ccc(NC(=O)c4c(C)n(C)c5ccc(OC(F)(F)F)cc5c4=O)cc3F)ncnc2cc1OCCCC(=O)N1CCN(c2ccc3c(c2)CN(C2CCC(=O)NC2=O)C3=O)CC1. The average Bonchev–Trinajstić information content (AvgIpc) is 3.66. The van der Waals surface area contributed by atoms with Crippen molar-refractivity contribution in [2.45, 2.75) is 51.6 Å². The maximum Gasteiger partial charge on any atom is 0.573 e. The lowest BCUT2D eigenvalue weighted by Crippen LogP contribution is -2.52. The zero-order chi connectivity index (χ0) is 50.3. The summed E-state index contributed by atoms with van der Waals surface area (Å²) >= 11 is 0. The van der Waals surface area contributed by atoms with Crippen molar-refractivity contribution < 1.29 is 60.5 Å². The van der Waals surface area contributed by atoms with Gasteiger partial charge in [-0.25, -0.2) is 14.4 Å². The van der Waals surface area contributed by atoms with Gasteiger partial charge < -0.3 is 43.5 Å². The molecule has 3 aliphatic heterocycles. The number of fused-ring (bicyclic) bond motifs is 3. The first kappa shape index (κ1) is 47.8. The van der Waals surface area contributed by atoms with Gasteiger partial charge in [0.05, 0.1) is 35.5 Å². The molecule has 9 rings (SSSR count). The number of hydrogen-bond acceptors (Lipinski definition) is 13. The second kappa shape index (κ2) is 19.2. The number of pyridine rings is 1. The molecule has 0 aliphatic carbocycles. The number of methoxy groups -OCH3 is 1. The molecule has 0 radical (unpaired) electrons. The van der Waals surface area contributed by atoms with E-state index >= 15 is 4.39 Å². The first-order chi connectivity index (χ1) is 34.0. The lowest BCUT2D eigenvalue weighted by molar-refractivity contribution is -0.274. The molecule has 6 aromatic rings. The Kier molecular flexibility index (Phi) is 12.9. The van der Waals surface area contributed by atoms with Crippen molar-refractivity contribution in [2.75, 3.05) is 50.1 Å². The molecule has 0 saturated carbocycles. The summed E-state index contributed by atoms with van der Waals surface area (Å²) in [4.78, 5) is 91.3. The number of imide groups is 1. The summed E-state index contributed by atoms with van der Waals surface area (Å²) in [6, 6.07) is 14.8. The fraction of sp³-hybridized carbons (Fsp3) is 0.306. The minimum absolute atomic E-state index is 0.0268. The molecule has 2 saturated heterocycles. The molecule has 71 heavy (non-hydrogen) atoms. The average molecular weight is 981 g/mol. The molecule has 5 amide bonds. The van der Waals surface area contributed by atoms with Crippen LogP contribution in [0.3, 0.4) is 0 Å². The van der Waals surface area contributed by atoms with Crippen LogP contribution in [0.4, 0.5) is 28.9 Å². The van der Waals surface area contributed by atoms with Crippen LogP contribution in [0.5, 0.6) is 28.9 Å². The van der Waals surface area contributed by atoms with Crippen LogP contribution < -0.4 is 39.9 Å². The second-order valence-electron chi connectivity index (χ2n) is 17.0. The Labute approximate surface area is 401 Å². The van der Waals surface area contributed by atoms with E-state index in [2.05, 4.69) is 30.2 Å². The van der Waals surface area contributed by atoms with Gasteiger partial charge >= 0.3 is 6.36 Å². The highest BCUT2D eigenvalue weighted by Crippen LogP contribution is 2.38. The van der Waals surface area contributed by atoms with Crippen LogP contribution in [0.25, 0.3) is 21.8 Å². The zero-order valence-electron chi connectivity index (χ0n) is 38.4. The summed E-state index contributed by atoms with van der Waals surface area (Å²) in [5, 5.41) is 4.95. The fourth-order valence-electron chi connectivity index (χ4n) is 8.99. The third kappa shape index (κ3) is 9.81. The second-order valence-corrected chi connectivity index (χ2v) is 17.0. The Bertz CT molecular complexity index is 3230. The summed E-state index contributed by atoms with van der Waals surface area (Å²) in [6.07, 6.45) is -2.69. The third-order valence-electron chi connectivity index (χ3n) is 12.7. The molecule has 1 unspecified atom stereocenters. The van der Waals surface area contributed by atoms with Crippen molar-refractivity contribution >= 4 is 62.7 Å². The standard InChI is InChI=1S/C49H44F4N8O10/c1-26-43(44(64)33-21-30(71-49(51,52)53)8-10-36(33)58(26)2)46(66)56-28-6-12-38(34(50)20-28)70-47-32-22-39(68-3)40(23-35(32)54-25-55-47)69-18-4-5-42(63)60-16-14-59(15-17-60)29-7-9-31-27(19-29)24-61(48(31)67)37-11-13-41(62)57-45(37)65/h6-10,12,19-23,25,37H,4-5,11,13-18,24H2,1-3H3,(H,56,66)(H,57,62,65). The van der Waals surface area contributed by atoms with Gasteiger partial charge in [-0.05, 0) is 79.9 Å². The van der Waals surface area contributed by atoms with E-state index in [-0.39, 0.29) is 95.4 Å². The molecule has 1 atom stereocenters. The summed E-state index contributed by atoms with van der Waals surface area (Å²) in [6.45, 7) is 4.11. The predicted octanol–water partition coefficient (Wildman–Crippen LogP) is 6.15. The highest BCUT2D eigenvalue weighted by Gasteiger charge is 2.39. The smallest absolute Gasteiger partial charge is 0.493 e. The number of halogens is 4. The number of benzene rings is 4. The topological polar surface area (TPSA) is 204 Å². The van der Waals surface area contributed by atoms with Crippen molar-refractivity contribution in [1.29, 1.82) is 0 Å². The number of aryl methyl sites for hydroxylation is 1. The van der Waals surface area contributed by atoms with Gasteiger partial charge in [0.25, 0.3) is 11.8 Å². The van der Waals surface area contributed by atoms with Crippen molar-refractivity contribution in [3.8, 4) is 28.9 Å². The van der Waals surface area contributed by atoms with Crippen LogP contribution in [-0.2, 0) is 28.0 Å². The largest absolute Gasteiger partial charge is 0.573 e. The number of rotatable bonds is 13. The number of piperidine rings is 1. The van der Waals surface area contributed by atoms with Crippen molar-refractivity contribution in [2.24, 2.45) is 7.05 Å². The van der Waals surface area contributed by atoms with Gasteiger partial charge in [0.15, 0.2) is 23.1 Å². The van der Waals surface area contributed by atoms with E-state index in [0.717, 1.165) is 29.4 Å². The maximum atomic E-state index is 15.6. The first-order valence-electron chi connectivity index (χ1n) is 22.4. The molecular weight excluding hydrogens is 937 g/mol. The number of alkyl halides is 3. The predicted molar refractivity (Wildman–Crippen MR) is 247 cm³/mol. The van der Waals surface area contributed by atoms with Crippen LogP contribution in [0.1, 0.15) is 57.7 Å². The van der Waals surface area contributed by atoms with Gasteiger partial charge in [-0.3, -0.25) is 34.1 Å². The van der Waals surface area contributed by atoms with E-state index in [1.807, 2.05) is 12.1 Å². The third-order valence-corrected chi connectivity index (χ3v) is 12.7. The van der Waals surface area contributed by atoms with Crippen LogP contribution >= 0.6 is 0 Å². The maximum absolute atomic E-state index is 15.6. The summed E-state index contributed by atoms with van der Waals surface area (Å²) in [5.41, 5.74) is 1.83. The zero-order valence-corrected chi connectivity index (χ0v) is 38.4. The van der Waals surface area contributed by atoms with Gasteiger partial charge in [-0.15, -0.1) is 13.2 Å².